The summed E-state index contributed by atoms with van der Waals surface area (Å²) in [4.78, 5) is 8.05. The molecule has 1 aliphatic rings. The van der Waals surface area contributed by atoms with Gasteiger partial charge in [-0.3, -0.25) is 0 Å². The number of aromatic amines is 1. The Hall–Kier alpha value is -2.07. The van der Waals surface area contributed by atoms with E-state index in [1.165, 1.54) is 18.1 Å². The molecule has 0 spiro atoms. The number of hydrogen-bond acceptors (Lipinski definition) is 7. The molecule has 136 valence electrons. The first-order valence-electron chi connectivity index (χ1n) is 8.01. The predicted molar refractivity (Wildman–Crippen MR) is 98.4 cm³/mol. The van der Waals surface area contributed by atoms with Gasteiger partial charge in [0.05, 0.1) is 30.1 Å². The van der Waals surface area contributed by atoms with E-state index < -0.39 is 12.2 Å². The number of aliphatic hydroxyl groups excluding tert-OH is 2. The highest BCUT2D eigenvalue weighted by Gasteiger charge is 2.43. The fourth-order valence-corrected chi connectivity index (χ4v) is 4.63. The highest BCUT2D eigenvalue weighted by Crippen LogP contribution is 2.41. The molecule has 2 aromatic heterocycles. The molecule has 0 bridgehead atoms. The van der Waals surface area contributed by atoms with E-state index >= 15 is 0 Å². The Morgan fingerprint density at radius 1 is 1.27 bits per heavy atom. The first kappa shape index (κ1) is 17.3. The number of thioether (sulfide) groups is 1. The lowest BCUT2D eigenvalue weighted by atomic mass is 10.2. The highest BCUT2D eigenvalue weighted by molar-refractivity contribution is 8.00. The number of aromatic nitrogens is 4. The van der Waals surface area contributed by atoms with Gasteiger partial charge in [0.25, 0.3) is 0 Å². The standard InChI is InChI=1S/C16H17ClN6O2S/c17-8-1-3-9(4-2-8)26-12-5-11(13(24)14(12)25)23-16-10(6-21-23)15(22-18)19-7-20-16/h1-4,6-7,11-14,24-25H,5,18H2,(H,19,20,22)/t11-,12+,13+,14-/m1/s1. The SMILES string of the molecule is N/N=c1/nc[nH]c2c1cnn2[C@@H]1C[C@H](Sc2ccc(Cl)cc2)[C@@H](O)[C@H]1O. The van der Waals surface area contributed by atoms with Gasteiger partial charge in [-0.1, -0.05) is 11.6 Å². The van der Waals surface area contributed by atoms with Crippen LogP contribution >= 0.6 is 23.4 Å². The normalized spacial score (nSPS) is 26.7. The van der Waals surface area contributed by atoms with Gasteiger partial charge in [0, 0.05) is 15.2 Å². The van der Waals surface area contributed by atoms with Crippen molar-refractivity contribution < 1.29 is 10.2 Å². The first-order valence-corrected chi connectivity index (χ1v) is 9.27. The maximum absolute atomic E-state index is 10.6. The van der Waals surface area contributed by atoms with Crippen LogP contribution < -0.4 is 11.3 Å². The van der Waals surface area contributed by atoms with Gasteiger partial charge in [0.1, 0.15) is 11.8 Å². The summed E-state index contributed by atoms with van der Waals surface area (Å²) in [7, 11) is 0. The molecule has 0 unspecified atom stereocenters. The summed E-state index contributed by atoms with van der Waals surface area (Å²) in [5, 5.41) is 30.2. The van der Waals surface area contributed by atoms with Crippen LogP contribution in [0.25, 0.3) is 11.0 Å². The van der Waals surface area contributed by atoms with Crippen molar-refractivity contribution in [2.24, 2.45) is 10.9 Å². The Kier molecular flexibility index (Phi) is 4.62. The third-order valence-corrected chi connectivity index (χ3v) is 6.13. The predicted octanol–water partition coefficient (Wildman–Crippen LogP) is 1.01. The number of nitrogens with zero attached hydrogens (tertiary/aromatic N) is 4. The number of halogens is 1. The van der Waals surface area contributed by atoms with Crippen LogP contribution in [0.1, 0.15) is 12.5 Å². The third kappa shape index (κ3) is 2.96. The van der Waals surface area contributed by atoms with Gasteiger partial charge in [0.2, 0.25) is 0 Å². The van der Waals surface area contributed by atoms with E-state index in [-0.39, 0.29) is 11.3 Å². The Labute approximate surface area is 157 Å². The van der Waals surface area contributed by atoms with Gasteiger partial charge in [-0.2, -0.15) is 10.2 Å². The molecule has 0 aliphatic heterocycles. The van der Waals surface area contributed by atoms with Gasteiger partial charge in [-0.25, -0.2) is 9.67 Å². The molecule has 3 aromatic rings. The van der Waals surface area contributed by atoms with Crippen molar-refractivity contribution in [3.8, 4) is 0 Å². The summed E-state index contributed by atoms with van der Waals surface area (Å²) in [6.45, 7) is 0. The lowest BCUT2D eigenvalue weighted by Crippen LogP contribution is -2.30. The smallest absolute Gasteiger partial charge is 0.185 e. The largest absolute Gasteiger partial charge is 0.389 e. The number of H-pyrrole nitrogens is 1. The Balaban J connectivity index is 1.63. The van der Waals surface area contributed by atoms with Gasteiger partial charge >= 0.3 is 0 Å². The summed E-state index contributed by atoms with van der Waals surface area (Å²) in [6, 6.07) is 7.03. The molecule has 10 heteroatoms. The number of nitrogens with one attached hydrogen (secondary N) is 1. The Bertz CT molecular complexity index is 988. The van der Waals surface area contributed by atoms with Crippen LogP contribution in [0.4, 0.5) is 0 Å². The molecule has 1 saturated carbocycles. The summed E-state index contributed by atoms with van der Waals surface area (Å²) in [6.07, 6.45) is 1.81. The minimum atomic E-state index is -0.942. The van der Waals surface area contributed by atoms with Gasteiger partial charge in [0.15, 0.2) is 5.49 Å². The van der Waals surface area contributed by atoms with Crippen LogP contribution in [0.5, 0.6) is 0 Å². The second-order valence-corrected chi connectivity index (χ2v) is 7.85. The number of aliphatic hydroxyl groups is 2. The van der Waals surface area contributed by atoms with E-state index in [2.05, 4.69) is 20.2 Å². The van der Waals surface area contributed by atoms with Crippen LogP contribution in [0, 0.1) is 0 Å². The van der Waals surface area contributed by atoms with Crippen molar-refractivity contribution in [2.45, 2.75) is 34.8 Å². The molecule has 5 N–H and O–H groups in total. The maximum Gasteiger partial charge on any atom is 0.185 e. The molecule has 2 heterocycles. The maximum atomic E-state index is 10.6. The number of rotatable bonds is 3. The molecular formula is C16H17ClN6O2S. The third-order valence-electron chi connectivity index (χ3n) is 4.56. The van der Waals surface area contributed by atoms with Crippen molar-refractivity contribution in [3.05, 3.63) is 47.3 Å². The topological polar surface area (TPSA) is 125 Å². The molecule has 26 heavy (non-hydrogen) atoms. The average Bonchev–Trinajstić information content (AvgIpc) is 3.20. The van der Waals surface area contributed by atoms with Crippen molar-refractivity contribution in [3.63, 3.8) is 0 Å². The van der Waals surface area contributed by atoms with E-state index in [4.69, 9.17) is 17.4 Å². The van der Waals surface area contributed by atoms with Crippen LogP contribution in [-0.4, -0.2) is 47.4 Å². The zero-order valence-corrected chi connectivity index (χ0v) is 15.1. The molecule has 4 rings (SSSR count). The van der Waals surface area contributed by atoms with Crippen LogP contribution in [0.15, 0.2) is 46.8 Å². The molecule has 1 aromatic carbocycles. The first-order chi connectivity index (χ1) is 12.6. The summed E-state index contributed by atoms with van der Waals surface area (Å²) in [5.41, 5.74) is 1.02. The number of nitrogens with two attached hydrogens (primary N) is 1. The highest BCUT2D eigenvalue weighted by atomic mass is 35.5. The summed E-state index contributed by atoms with van der Waals surface area (Å²) < 4.78 is 1.67. The zero-order chi connectivity index (χ0) is 18.3. The minimum absolute atomic E-state index is 0.170. The van der Waals surface area contributed by atoms with E-state index in [0.717, 1.165) is 4.90 Å². The lowest BCUT2D eigenvalue weighted by Gasteiger charge is -2.17. The molecule has 0 saturated heterocycles. The fraction of sp³-hybridized carbons (Fsp3) is 0.312. The molecule has 1 fully saturated rings. The number of benzene rings is 1. The number of hydrogen-bond donors (Lipinski definition) is 4. The van der Waals surface area contributed by atoms with Gasteiger partial charge < -0.3 is 21.0 Å². The van der Waals surface area contributed by atoms with E-state index in [1.54, 1.807) is 23.0 Å². The zero-order valence-electron chi connectivity index (χ0n) is 13.5. The molecule has 4 atom stereocenters. The van der Waals surface area contributed by atoms with Crippen molar-refractivity contribution in [1.29, 1.82) is 0 Å². The second-order valence-electron chi connectivity index (χ2n) is 6.10. The molecule has 8 nitrogen and oxygen atoms in total. The average molecular weight is 393 g/mol. The monoisotopic (exact) mass is 392 g/mol. The number of fused-ring (bicyclic) bond motifs is 1. The van der Waals surface area contributed by atoms with E-state index in [1.807, 2.05) is 12.1 Å². The van der Waals surface area contributed by atoms with Crippen molar-refractivity contribution in [1.82, 2.24) is 19.7 Å². The van der Waals surface area contributed by atoms with E-state index in [0.29, 0.717) is 28.0 Å². The Morgan fingerprint density at radius 3 is 2.77 bits per heavy atom. The quantitative estimate of drug-likeness (QED) is 0.389. The fourth-order valence-electron chi connectivity index (χ4n) is 3.26. The van der Waals surface area contributed by atoms with Crippen LogP contribution in [0.2, 0.25) is 5.02 Å². The van der Waals surface area contributed by atoms with Gasteiger partial charge in [-0.05, 0) is 30.7 Å². The summed E-state index contributed by atoms with van der Waals surface area (Å²) in [5.74, 6) is 5.36. The second kappa shape index (κ2) is 6.92. The molecule has 1 aliphatic carbocycles. The van der Waals surface area contributed by atoms with E-state index in [9.17, 15) is 10.2 Å². The molecular weight excluding hydrogens is 376 g/mol. The minimum Gasteiger partial charge on any atom is -0.389 e. The van der Waals surface area contributed by atoms with Crippen LogP contribution in [-0.2, 0) is 0 Å². The summed E-state index contributed by atoms with van der Waals surface area (Å²) >= 11 is 7.43. The van der Waals surface area contributed by atoms with Crippen molar-refractivity contribution >= 4 is 34.4 Å². The van der Waals surface area contributed by atoms with Crippen molar-refractivity contribution in [2.75, 3.05) is 0 Å². The molecule has 0 radical (unpaired) electrons. The van der Waals surface area contributed by atoms with Crippen LogP contribution in [0.3, 0.4) is 0 Å². The Morgan fingerprint density at radius 2 is 2.04 bits per heavy atom. The van der Waals surface area contributed by atoms with Gasteiger partial charge in [-0.15, -0.1) is 11.8 Å². The molecule has 0 amide bonds. The lowest BCUT2D eigenvalue weighted by molar-refractivity contribution is 0.0236.